The first kappa shape index (κ1) is 17.1. The molecular weight excluding hydrogens is 303 g/mol. The summed E-state index contributed by atoms with van der Waals surface area (Å²) < 4.78 is 70.9. The quantitative estimate of drug-likeness (QED) is 0.812. The normalized spacial score (nSPS) is 12.4. The number of nitrogens with one attached hydrogen (secondary N) is 1. The van der Waals surface area contributed by atoms with Crippen molar-refractivity contribution in [3.63, 3.8) is 0 Å². The summed E-state index contributed by atoms with van der Waals surface area (Å²) in [5, 5.41) is 2.48. The van der Waals surface area contributed by atoms with Crippen LogP contribution < -0.4 is 14.8 Å². The van der Waals surface area contributed by atoms with Crippen molar-refractivity contribution in [1.82, 2.24) is 15.0 Å². The predicted octanol–water partition coefficient (Wildman–Crippen LogP) is 2.28. The first-order valence-corrected chi connectivity index (χ1v) is 5.73. The van der Waals surface area contributed by atoms with Crippen LogP contribution in [0.15, 0.2) is 0 Å². The van der Waals surface area contributed by atoms with Gasteiger partial charge < -0.3 is 14.8 Å². The van der Waals surface area contributed by atoms with Crippen molar-refractivity contribution < 1.29 is 31.4 Å². The number of nitrogens with zero attached hydrogens (tertiary/aromatic N) is 3. The number of hydrogen-bond acceptors (Lipinski definition) is 6. The molecule has 0 saturated heterocycles. The molecule has 0 atom stereocenters. The Kier molecular flexibility index (Phi) is 5.07. The van der Waals surface area contributed by atoms with Crippen LogP contribution in [0.2, 0.25) is 0 Å². The molecule has 1 N–H and O–H groups in total. The predicted molar refractivity (Wildman–Crippen MR) is 61.6 cm³/mol. The molecule has 0 amide bonds. The highest BCUT2D eigenvalue weighted by molar-refractivity contribution is 5.26. The highest BCUT2D eigenvalue weighted by Gasteiger charge is 2.58. The van der Waals surface area contributed by atoms with Gasteiger partial charge in [-0.15, -0.1) is 4.98 Å². The number of alkyl halides is 5. The summed E-state index contributed by atoms with van der Waals surface area (Å²) in [6, 6.07) is -0.955. The second-order valence-electron chi connectivity index (χ2n) is 4.13. The zero-order valence-corrected chi connectivity index (χ0v) is 11.3. The molecule has 0 radical (unpaired) electrons. The lowest BCUT2D eigenvalue weighted by molar-refractivity contribution is -0.290. The van der Waals surface area contributed by atoms with Crippen molar-refractivity contribution in [3.8, 4) is 12.0 Å². The third-order valence-corrected chi connectivity index (χ3v) is 1.96. The molecule has 0 fully saturated rings. The van der Waals surface area contributed by atoms with Crippen LogP contribution in [0.4, 0.5) is 27.9 Å². The number of hydrogen-bond donors (Lipinski definition) is 1. The molecule has 0 unspecified atom stereocenters. The van der Waals surface area contributed by atoms with Gasteiger partial charge in [0.2, 0.25) is 5.95 Å². The van der Waals surface area contributed by atoms with Crippen LogP contribution in [0.5, 0.6) is 12.0 Å². The zero-order valence-electron chi connectivity index (χ0n) is 11.3. The summed E-state index contributed by atoms with van der Waals surface area (Å²) in [4.78, 5) is 10.7. The smallest absolute Gasteiger partial charge is 0.456 e. The van der Waals surface area contributed by atoms with E-state index >= 15 is 0 Å². The van der Waals surface area contributed by atoms with Gasteiger partial charge in [0.15, 0.2) is 6.61 Å². The number of aromatic nitrogens is 3. The second kappa shape index (κ2) is 6.22. The fourth-order valence-corrected chi connectivity index (χ4v) is 1.01. The van der Waals surface area contributed by atoms with E-state index in [2.05, 4.69) is 25.0 Å². The van der Waals surface area contributed by atoms with Crippen LogP contribution in [0.3, 0.4) is 0 Å². The van der Waals surface area contributed by atoms with E-state index in [1.54, 1.807) is 13.8 Å². The Morgan fingerprint density at radius 2 is 1.62 bits per heavy atom. The van der Waals surface area contributed by atoms with E-state index in [4.69, 9.17) is 4.74 Å². The van der Waals surface area contributed by atoms with Crippen molar-refractivity contribution in [3.05, 3.63) is 0 Å². The van der Waals surface area contributed by atoms with Crippen molar-refractivity contribution in [1.29, 1.82) is 0 Å². The molecule has 1 rings (SSSR count). The van der Waals surface area contributed by atoms with Gasteiger partial charge in [-0.1, -0.05) is 0 Å². The maximum Gasteiger partial charge on any atom is 0.456 e. The van der Waals surface area contributed by atoms with Crippen LogP contribution in [0, 0.1) is 0 Å². The number of anilines is 1. The minimum Gasteiger partial charge on any atom is -0.461 e. The maximum absolute atomic E-state index is 12.7. The highest BCUT2D eigenvalue weighted by Crippen LogP contribution is 2.35. The third-order valence-electron chi connectivity index (χ3n) is 1.96. The van der Waals surface area contributed by atoms with Crippen LogP contribution in [-0.4, -0.2) is 46.8 Å². The second-order valence-corrected chi connectivity index (χ2v) is 4.13. The zero-order chi connectivity index (χ0) is 16.3. The first-order chi connectivity index (χ1) is 9.55. The average Bonchev–Trinajstić information content (AvgIpc) is 2.34. The first-order valence-electron chi connectivity index (χ1n) is 5.73. The summed E-state index contributed by atoms with van der Waals surface area (Å²) in [6.07, 6.45) is -6.05. The Labute approximate surface area is 116 Å². The SMILES string of the molecule is CNc1nc(OCC(F)(F)C(F)(F)F)nc(OC(C)C)n1. The summed E-state index contributed by atoms with van der Waals surface area (Å²) in [6.45, 7) is 1.37. The molecule has 0 spiro atoms. The van der Waals surface area contributed by atoms with Crippen molar-refractivity contribution >= 4 is 5.95 Å². The molecule has 1 aromatic heterocycles. The van der Waals surface area contributed by atoms with Gasteiger partial charge in [0.1, 0.15) is 0 Å². The van der Waals surface area contributed by atoms with E-state index in [-0.39, 0.29) is 18.1 Å². The summed E-state index contributed by atoms with van der Waals surface area (Å²) in [5.41, 5.74) is 0. The molecule has 0 aliphatic heterocycles. The van der Waals surface area contributed by atoms with Crippen LogP contribution in [0.25, 0.3) is 0 Å². The molecule has 0 bridgehead atoms. The fraction of sp³-hybridized carbons (Fsp3) is 0.700. The number of ether oxygens (including phenoxy) is 2. The molecule has 120 valence electrons. The summed E-state index contributed by atoms with van der Waals surface area (Å²) >= 11 is 0. The number of rotatable bonds is 6. The molecule has 0 aliphatic rings. The van der Waals surface area contributed by atoms with Crippen LogP contribution in [0.1, 0.15) is 13.8 Å². The van der Waals surface area contributed by atoms with E-state index in [9.17, 15) is 22.0 Å². The minimum absolute atomic E-state index is 0.0917. The largest absolute Gasteiger partial charge is 0.461 e. The lowest BCUT2D eigenvalue weighted by Crippen LogP contribution is -2.42. The summed E-state index contributed by atoms with van der Waals surface area (Å²) in [5.74, 6) is -5.11. The standard InChI is InChI=1S/C10H13F5N4O2/c1-5(2)21-8-18-6(16-3)17-7(19-8)20-4-9(11,12)10(13,14)15/h5H,4H2,1-3H3,(H,16,17,18,19). The molecule has 1 heterocycles. The Hall–Kier alpha value is -1.94. The topological polar surface area (TPSA) is 69.2 Å². The Morgan fingerprint density at radius 1 is 1.05 bits per heavy atom. The van der Waals surface area contributed by atoms with Gasteiger partial charge in [0.05, 0.1) is 6.10 Å². The molecule has 0 aromatic carbocycles. The van der Waals surface area contributed by atoms with E-state index in [1.165, 1.54) is 7.05 Å². The Morgan fingerprint density at radius 3 is 2.10 bits per heavy atom. The molecule has 1 aromatic rings. The van der Waals surface area contributed by atoms with Crippen molar-refractivity contribution in [2.24, 2.45) is 0 Å². The van der Waals surface area contributed by atoms with E-state index < -0.39 is 24.7 Å². The van der Waals surface area contributed by atoms with Crippen LogP contribution >= 0.6 is 0 Å². The molecular formula is C10H13F5N4O2. The highest BCUT2D eigenvalue weighted by atomic mass is 19.4. The number of halogens is 5. The van der Waals surface area contributed by atoms with Gasteiger partial charge in [-0.2, -0.15) is 31.9 Å². The van der Waals surface area contributed by atoms with Crippen molar-refractivity contribution in [2.45, 2.75) is 32.1 Å². The van der Waals surface area contributed by atoms with E-state index in [0.29, 0.717) is 0 Å². The van der Waals surface area contributed by atoms with E-state index in [0.717, 1.165) is 0 Å². The Bertz CT molecular complexity index is 481. The lowest BCUT2D eigenvalue weighted by atomic mass is 10.3. The van der Waals surface area contributed by atoms with Crippen molar-refractivity contribution in [2.75, 3.05) is 19.0 Å². The summed E-state index contributed by atoms with van der Waals surface area (Å²) in [7, 11) is 1.42. The van der Waals surface area contributed by atoms with Gasteiger partial charge >= 0.3 is 24.1 Å². The van der Waals surface area contributed by atoms with Gasteiger partial charge in [0.25, 0.3) is 0 Å². The average molecular weight is 316 g/mol. The molecule has 21 heavy (non-hydrogen) atoms. The van der Waals surface area contributed by atoms with Gasteiger partial charge in [0, 0.05) is 7.05 Å². The van der Waals surface area contributed by atoms with Gasteiger partial charge in [-0.3, -0.25) is 0 Å². The molecule has 11 heteroatoms. The van der Waals surface area contributed by atoms with Gasteiger partial charge in [-0.05, 0) is 13.8 Å². The fourth-order valence-electron chi connectivity index (χ4n) is 1.01. The molecule has 0 saturated carbocycles. The minimum atomic E-state index is -5.72. The monoisotopic (exact) mass is 316 g/mol. The Balaban J connectivity index is 2.88. The third kappa shape index (κ3) is 4.83. The molecule has 0 aliphatic carbocycles. The van der Waals surface area contributed by atoms with Gasteiger partial charge in [-0.25, -0.2) is 0 Å². The lowest BCUT2D eigenvalue weighted by Gasteiger charge is -2.19. The molecule has 6 nitrogen and oxygen atoms in total. The van der Waals surface area contributed by atoms with Crippen LogP contribution in [-0.2, 0) is 0 Å². The van der Waals surface area contributed by atoms with E-state index in [1.807, 2.05) is 0 Å². The maximum atomic E-state index is 12.7.